The normalized spacial score (nSPS) is 15.8. The number of nitrogens with two attached hydrogens (primary N) is 1. The van der Waals surface area contributed by atoms with E-state index in [4.69, 9.17) is 22.1 Å². The molecular formula is C10H12ClNO. The minimum atomic E-state index is 0.169. The maximum Gasteiger partial charge on any atom is 0.162 e. The third-order valence-electron chi connectivity index (χ3n) is 2.30. The summed E-state index contributed by atoms with van der Waals surface area (Å²) in [4.78, 5) is 0. The van der Waals surface area contributed by atoms with E-state index < -0.39 is 0 Å². The highest BCUT2D eigenvalue weighted by Gasteiger charge is 2.25. The first-order chi connectivity index (χ1) is 6.31. The van der Waals surface area contributed by atoms with Gasteiger partial charge < -0.3 is 10.5 Å². The van der Waals surface area contributed by atoms with E-state index in [-0.39, 0.29) is 6.07 Å². The molecule has 1 aromatic rings. The maximum absolute atomic E-state index is 5.87. The fourth-order valence-corrected chi connectivity index (χ4v) is 1.60. The lowest BCUT2D eigenvalue weighted by Crippen LogP contribution is -1.95. The zero-order valence-electron chi connectivity index (χ0n) is 7.29. The summed E-state index contributed by atoms with van der Waals surface area (Å²) >= 11 is 5.44. The van der Waals surface area contributed by atoms with E-state index in [2.05, 4.69) is 0 Å². The van der Waals surface area contributed by atoms with Crippen molar-refractivity contribution in [2.45, 2.75) is 18.8 Å². The summed E-state index contributed by atoms with van der Waals surface area (Å²) in [6.45, 7) is 0. The van der Waals surface area contributed by atoms with Gasteiger partial charge in [0.25, 0.3) is 0 Å². The number of hydrogen-bond donors (Lipinski definition) is 1. The van der Waals surface area contributed by atoms with E-state index in [9.17, 15) is 0 Å². The average molecular weight is 198 g/mol. The number of hydrogen-bond acceptors (Lipinski definition) is 2. The topological polar surface area (TPSA) is 35.2 Å². The van der Waals surface area contributed by atoms with Crippen LogP contribution in [0.15, 0.2) is 18.2 Å². The van der Waals surface area contributed by atoms with Gasteiger partial charge in [0.1, 0.15) is 5.75 Å². The Morgan fingerprint density at radius 1 is 1.46 bits per heavy atom. The Morgan fingerprint density at radius 2 is 2.23 bits per heavy atom. The summed E-state index contributed by atoms with van der Waals surface area (Å²) in [5.41, 5.74) is 7.95. The lowest BCUT2D eigenvalue weighted by Gasteiger charge is -2.06. The molecule has 1 aromatic carbocycles. The zero-order chi connectivity index (χ0) is 9.26. The largest absolute Gasteiger partial charge is 0.478 e. The van der Waals surface area contributed by atoms with Crippen LogP contribution in [0.2, 0.25) is 0 Å². The predicted molar refractivity (Wildman–Crippen MR) is 54.2 cm³/mol. The fourth-order valence-electron chi connectivity index (χ4n) is 1.47. The highest BCUT2D eigenvalue weighted by atomic mass is 35.5. The van der Waals surface area contributed by atoms with E-state index in [1.165, 1.54) is 18.4 Å². The quantitative estimate of drug-likeness (QED) is 0.598. The third kappa shape index (κ3) is 1.89. The standard InChI is InChI=1S/C10H12ClNO/c11-6-13-8-3-4-9(7-1-2-7)10(12)5-8/h3-5,7H,1-2,6,12H2. The third-order valence-corrected chi connectivity index (χ3v) is 2.41. The molecule has 0 unspecified atom stereocenters. The first kappa shape index (κ1) is 8.70. The molecule has 0 heterocycles. The molecule has 0 radical (unpaired) electrons. The first-order valence-corrected chi connectivity index (χ1v) is 4.93. The van der Waals surface area contributed by atoms with Gasteiger partial charge in [-0.25, -0.2) is 0 Å². The number of nitrogen functional groups attached to an aromatic ring is 1. The first-order valence-electron chi connectivity index (χ1n) is 4.39. The van der Waals surface area contributed by atoms with Crippen molar-refractivity contribution in [1.29, 1.82) is 0 Å². The van der Waals surface area contributed by atoms with Crippen molar-refractivity contribution in [3.8, 4) is 5.75 Å². The molecule has 1 saturated carbocycles. The Balaban J connectivity index is 2.21. The monoisotopic (exact) mass is 197 g/mol. The Morgan fingerprint density at radius 3 is 2.77 bits per heavy atom. The summed E-state index contributed by atoms with van der Waals surface area (Å²) < 4.78 is 5.13. The maximum atomic E-state index is 5.87. The average Bonchev–Trinajstić information content (AvgIpc) is 2.88. The Bertz CT molecular complexity index is 310. The molecule has 3 heteroatoms. The van der Waals surface area contributed by atoms with Crippen LogP contribution < -0.4 is 10.5 Å². The molecule has 70 valence electrons. The van der Waals surface area contributed by atoms with E-state index in [0.29, 0.717) is 5.92 Å². The second kappa shape index (κ2) is 3.46. The number of anilines is 1. The van der Waals surface area contributed by atoms with Crippen molar-refractivity contribution in [2.75, 3.05) is 11.8 Å². The van der Waals surface area contributed by atoms with Crippen LogP contribution in [-0.2, 0) is 0 Å². The highest BCUT2D eigenvalue weighted by Crippen LogP contribution is 2.43. The minimum Gasteiger partial charge on any atom is -0.478 e. The van der Waals surface area contributed by atoms with Crippen molar-refractivity contribution >= 4 is 17.3 Å². The van der Waals surface area contributed by atoms with Gasteiger partial charge in [-0.05, 0) is 30.4 Å². The molecule has 1 aliphatic rings. The molecule has 1 aliphatic carbocycles. The molecular weight excluding hydrogens is 186 g/mol. The summed E-state index contributed by atoms with van der Waals surface area (Å²) in [5.74, 6) is 1.43. The van der Waals surface area contributed by atoms with Crippen molar-refractivity contribution in [2.24, 2.45) is 0 Å². The molecule has 0 amide bonds. The van der Waals surface area contributed by atoms with Gasteiger partial charge in [0.15, 0.2) is 6.07 Å². The number of rotatable bonds is 3. The number of ether oxygens (including phenoxy) is 1. The second-order valence-electron chi connectivity index (χ2n) is 3.32. The van der Waals surface area contributed by atoms with Crippen LogP contribution in [0.4, 0.5) is 5.69 Å². The summed E-state index contributed by atoms with van der Waals surface area (Å²) in [7, 11) is 0. The Hall–Kier alpha value is -0.890. The van der Waals surface area contributed by atoms with Gasteiger partial charge in [0.05, 0.1) is 0 Å². The van der Waals surface area contributed by atoms with Gasteiger partial charge in [-0.3, -0.25) is 0 Å². The van der Waals surface area contributed by atoms with Gasteiger partial charge in [0, 0.05) is 11.8 Å². The van der Waals surface area contributed by atoms with E-state index in [1.807, 2.05) is 18.2 Å². The van der Waals surface area contributed by atoms with Gasteiger partial charge in [-0.1, -0.05) is 17.7 Å². The Kier molecular flexibility index (Phi) is 2.32. The molecule has 13 heavy (non-hydrogen) atoms. The Labute approximate surface area is 82.6 Å². The lowest BCUT2D eigenvalue weighted by atomic mass is 10.1. The van der Waals surface area contributed by atoms with Gasteiger partial charge >= 0.3 is 0 Å². The molecule has 0 bridgehead atoms. The van der Waals surface area contributed by atoms with E-state index >= 15 is 0 Å². The van der Waals surface area contributed by atoms with Crippen molar-refractivity contribution < 1.29 is 4.74 Å². The molecule has 2 N–H and O–H groups in total. The van der Waals surface area contributed by atoms with Crippen LogP contribution in [0.3, 0.4) is 0 Å². The van der Waals surface area contributed by atoms with Crippen LogP contribution in [0.1, 0.15) is 24.3 Å². The SMILES string of the molecule is Nc1cc(OCCl)ccc1C1CC1. The molecule has 0 aromatic heterocycles. The summed E-state index contributed by atoms with van der Waals surface area (Å²) in [6, 6.07) is 5.97. The summed E-state index contributed by atoms with van der Waals surface area (Å²) in [6.07, 6.45) is 2.53. The van der Waals surface area contributed by atoms with Crippen LogP contribution >= 0.6 is 11.6 Å². The molecule has 1 fully saturated rings. The van der Waals surface area contributed by atoms with E-state index in [1.54, 1.807) is 0 Å². The van der Waals surface area contributed by atoms with Crippen molar-refractivity contribution in [3.63, 3.8) is 0 Å². The molecule has 0 aliphatic heterocycles. The van der Waals surface area contributed by atoms with Crippen LogP contribution in [0.5, 0.6) is 5.75 Å². The van der Waals surface area contributed by atoms with Crippen LogP contribution in [0, 0.1) is 0 Å². The zero-order valence-corrected chi connectivity index (χ0v) is 8.05. The molecule has 2 nitrogen and oxygen atoms in total. The number of benzene rings is 1. The van der Waals surface area contributed by atoms with Gasteiger partial charge in [-0.15, -0.1) is 0 Å². The van der Waals surface area contributed by atoms with Gasteiger partial charge in [-0.2, -0.15) is 0 Å². The predicted octanol–water partition coefficient (Wildman–Crippen LogP) is 2.72. The molecule has 2 rings (SSSR count). The fraction of sp³-hybridized carbons (Fsp3) is 0.400. The number of alkyl halides is 1. The van der Waals surface area contributed by atoms with Crippen LogP contribution in [0.25, 0.3) is 0 Å². The van der Waals surface area contributed by atoms with Crippen molar-refractivity contribution in [1.82, 2.24) is 0 Å². The molecule has 0 atom stereocenters. The lowest BCUT2D eigenvalue weighted by molar-refractivity contribution is 0.388. The smallest absolute Gasteiger partial charge is 0.162 e. The molecule has 0 saturated heterocycles. The highest BCUT2D eigenvalue weighted by molar-refractivity contribution is 6.17. The summed E-state index contributed by atoms with van der Waals surface area (Å²) in [5, 5.41) is 0. The molecule has 0 spiro atoms. The van der Waals surface area contributed by atoms with Gasteiger partial charge in [0.2, 0.25) is 0 Å². The number of halogens is 1. The second-order valence-corrected chi connectivity index (χ2v) is 3.54. The minimum absolute atomic E-state index is 0.169. The van der Waals surface area contributed by atoms with Crippen LogP contribution in [-0.4, -0.2) is 6.07 Å². The van der Waals surface area contributed by atoms with Crippen molar-refractivity contribution in [3.05, 3.63) is 23.8 Å². The van der Waals surface area contributed by atoms with E-state index in [0.717, 1.165) is 11.4 Å².